The molecule has 0 bridgehead atoms. The molecule has 124 valence electrons. The first-order chi connectivity index (χ1) is 10.8. The molecular weight excluding hydrogens is 282 g/mol. The molecule has 0 aliphatic carbocycles. The van der Waals surface area contributed by atoms with Crippen LogP contribution in [-0.2, 0) is 5.41 Å². The molecule has 0 aliphatic heterocycles. The molecule has 0 radical (unpaired) electrons. The molecule has 2 heteroatoms. The van der Waals surface area contributed by atoms with Crippen LogP contribution >= 0.6 is 0 Å². The molecule has 23 heavy (non-hydrogen) atoms. The molecule has 0 saturated carbocycles. The van der Waals surface area contributed by atoms with Crippen molar-refractivity contribution >= 4 is 5.91 Å². The average Bonchev–Trinajstić information content (AvgIpc) is 2.51. The van der Waals surface area contributed by atoms with Crippen molar-refractivity contribution < 1.29 is 4.79 Å². The molecule has 0 atom stereocenters. The van der Waals surface area contributed by atoms with Gasteiger partial charge in [-0.1, -0.05) is 63.8 Å². The number of nitrogens with zero attached hydrogens (tertiary/aromatic N) is 1. The number of allylic oxidation sites excluding steroid dienone is 4. The highest BCUT2D eigenvalue weighted by Crippen LogP contribution is 2.22. The summed E-state index contributed by atoms with van der Waals surface area (Å²) in [7, 11) is 1.85. The predicted molar refractivity (Wildman–Crippen MR) is 99.8 cm³/mol. The monoisotopic (exact) mass is 311 g/mol. The first-order valence-corrected chi connectivity index (χ1v) is 8.10. The van der Waals surface area contributed by atoms with E-state index >= 15 is 0 Å². The van der Waals surface area contributed by atoms with Gasteiger partial charge in [-0.2, -0.15) is 0 Å². The number of rotatable bonds is 6. The standard InChI is InChI=1S/C21H29NO/c1-7-9-17(10-8-2)15-16-22(6)20(23)18-11-13-19(14-12-18)21(3,4)5/h7-14H,1,15-16H2,2-6H3/b10-8-,17-9+. The predicted octanol–water partition coefficient (Wildman–Crippen LogP) is 5.13. The lowest BCUT2D eigenvalue weighted by atomic mass is 9.86. The van der Waals surface area contributed by atoms with Crippen LogP contribution in [0.25, 0.3) is 0 Å². The Hall–Kier alpha value is -2.09. The van der Waals surface area contributed by atoms with Gasteiger partial charge in [0.25, 0.3) is 5.91 Å². The maximum atomic E-state index is 12.5. The summed E-state index contributed by atoms with van der Waals surface area (Å²) in [4.78, 5) is 14.3. The number of carbonyl (C=O) groups excluding carboxylic acids is 1. The van der Waals surface area contributed by atoms with Gasteiger partial charge in [-0.15, -0.1) is 0 Å². The fraction of sp³-hybridized carbons (Fsp3) is 0.381. The quantitative estimate of drug-likeness (QED) is 0.667. The lowest BCUT2D eigenvalue weighted by molar-refractivity contribution is 0.0797. The van der Waals surface area contributed by atoms with E-state index in [0.717, 1.165) is 12.0 Å². The minimum Gasteiger partial charge on any atom is -0.341 e. The third-order valence-electron chi connectivity index (χ3n) is 3.79. The van der Waals surface area contributed by atoms with Crippen LogP contribution in [0.4, 0.5) is 0 Å². The molecule has 1 aromatic carbocycles. The maximum Gasteiger partial charge on any atom is 0.253 e. The largest absolute Gasteiger partial charge is 0.341 e. The lowest BCUT2D eigenvalue weighted by Gasteiger charge is -2.21. The number of hydrogen-bond donors (Lipinski definition) is 0. The SMILES string of the molecule is C=C/C=C(\C=C/C)CCN(C)C(=O)c1ccc(C(C)(C)C)cc1. The van der Waals surface area contributed by atoms with Crippen molar-refractivity contribution in [1.82, 2.24) is 4.90 Å². The van der Waals surface area contributed by atoms with Gasteiger partial charge >= 0.3 is 0 Å². The Bertz CT molecular complexity index is 585. The van der Waals surface area contributed by atoms with Gasteiger partial charge in [0.2, 0.25) is 0 Å². The zero-order chi connectivity index (χ0) is 17.5. The molecule has 2 nitrogen and oxygen atoms in total. The maximum absolute atomic E-state index is 12.5. The van der Waals surface area contributed by atoms with E-state index in [4.69, 9.17) is 0 Å². The zero-order valence-electron chi connectivity index (χ0n) is 15.1. The van der Waals surface area contributed by atoms with Gasteiger partial charge in [0.1, 0.15) is 0 Å². The van der Waals surface area contributed by atoms with Crippen LogP contribution in [0.2, 0.25) is 0 Å². The minimum atomic E-state index is 0.0592. The molecule has 1 amide bonds. The first-order valence-electron chi connectivity index (χ1n) is 8.10. The number of carbonyl (C=O) groups is 1. The second-order valence-electron chi connectivity index (χ2n) is 6.78. The molecule has 0 heterocycles. The molecule has 1 rings (SSSR count). The van der Waals surface area contributed by atoms with Gasteiger partial charge in [0, 0.05) is 19.2 Å². The molecule has 0 aliphatic rings. The smallest absolute Gasteiger partial charge is 0.253 e. The van der Waals surface area contributed by atoms with E-state index in [0.29, 0.717) is 6.54 Å². The Labute approximate surface area is 141 Å². The molecule has 0 aromatic heterocycles. The van der Waals surface area contributed by atoms with Gasteiger partial charge in [-0.3, -0.25) is 4.79 Å². The van der Waals surface area contributed by atoms with Crippen LogP contribution in [0.15, 0.2) is 60.7 Å². The van der Waals surface area contributed by atoms with E-state index in [-0.39, 0.29) is 11.3 Å². The van der Waals surface area contributed by atoms with Gasteiger partial charge < -0.3 is 4.90 Å². The normalized spacial score (nSPS) is 12.5. The van der Waals surface area contributed by atoms with Gasteiger partial charge in [-0.05, 0) is 42.0 Å². The van der Waals surface area contributed by atoms with Gasteiger partial charge in [0.15, 0.2) is 0 Å². The summed E-state index contributed by atoms with van der Waals surface area (Å²) in [6.45, 7) is 12.9. The minimum absolute atomic E-state index is 0.0592. The third-order valence-corrected chi connectivity index (χ3v) is 3.79. The van der Waals surface area contributed by atoms with Gasteiger partial charge in [-0.25, -0.2) is 0 Å². The summed E-state index contributed by atoms with van der Waals surface area (Å²) < 4.78 is 0. The van der Waals surface area contributed by atoms with Crippen molar-refractivity contribution in [3.63, 3.8) is 0 Å². The number of hydrogen-bond acceptors (Lipinski definition) is 1. The van der Waals surface area contributed by atoms with E-state index in [1.807, 2.05) is 50.4 Å². The van der Waals surface area contributed by atoms with Crippen LogP contribution in [-0.4, -0.2) is 24.4 Å². The first kappa shape index (κ1) is 19.0. The molecule has 1 aromatic rings. The zero-order valence-corrected chi connectivity index (χ0v) is 15.1. The van der Waals surface area contributed by atoms with Crippen molar-refractivity contribution in [3.05, 3.63) is 71.8 Å². The van der Waals surface area contributed by atoms with Crippen LogP contribution in [0.5, 0.6) is 0 Å². The highest BCUT2D eigenvalue weighted by molar-refractivity contribution is 5.94. The molecular formula is C21H29NO. The summed E-state index contributed by atoms with van der Waals surface area (Å²) in [6.07, 6.45) is 8.64. The third kappa shape index (κ3) is 5.90. The van der Waals surface area contributed by atoms with Crippen LogP contribution in [0.3, 0.4) is 0 Å². The number of benzene rings is 1. The highest BCUT2D eigenvalue weighted by atomic mass is 16.2. The highest BCUT2D eigenvalue weighted by Gasteiger charge is 2.16. The molecule has 0 spiro atoms. The second kappa shape index (κ2) is 8.52. The van der Waals surface area contributed by atoms with Crippen LogP contribution in [0.1, 0.15) is 50.0 Å². The van der Waals surface area contributed by atoms with E-state index in [2.05, 4.69) is 33.4 Å². The van der Waals surface area contributed by atoms with E-state index in [9.17, 15) is 4.79 Å². The van der Waals surface area contributed by atoms with E-state index in [1.165, 1.54) is 11.1 Å². The molecule has 0 unspecified atom stereocenters. The summed E-state index contributed by atoms with van der Waals surface area (Å²) in [6, 6.07) is 7.94. The van der Waals surface area contributed by atoms with Crippen LogP contribution in [0, 0.1) is 0 Å². The Morgan fingerprint density at radius 3 is 2.30 bits per heavy atom. The fourth-order valence-corrected chi connectivity index (χ4v) is 2.32. The second-order valence-corrected chi connectivity index (χ2v) is 6.78. The van der Waals surface area contributed by atoms with E-state index < -0.39 is 0 Å². The summed E-state index contributed by atoms with van der Waals surface area (Å²) >= 11 is 0. The Morgan fingerprint density at radius 1 is 1.22 bits per heavy atom. The fourth-order valence-electron chi connectivity index (χ4n) is 2.32. The Balaban J connectivity index is 2.73. The Kier molecular flexibility index (Phi) is 7.02. The molecule has 0 saturated heterocycles. The Morgan fingerprint density at radius 2 is 1.83 bits per heavy atom. The lowest BCUT2D eigenvalue weighted by Crippen LogP contribution is -2.28. The average molecular weight is 311 g/mol. The van der Waals surface area contributed by atoms with E-state index in [1.54, 1.807) is 11.0 Å². The van der Waals surface area contributed by atoms with Gasteiger partial charge in [0.05, 0.1) is 0 Å². The van der Waals surface area contributed by atoms with Crippen molar-refractivity contribution in [2.45, 2.75) is 39.5 Å². The van der Waals surface area contributed by atoms with Crippen LogP contribution < -0.4 is 0 Å². The number of amides is 1. The summed E-state index contributed by atoms with van der Waals surface area (Å²) in [5.74, 6) is 0.0592. The van der Waals surface area contributed by atoms with Crippen molar-refractivity contribution in [1.29, 1.82) is 0 Å². The molecule has 0 fully saturated rings. The van der Waals surface area contributed by atoms with Crippen molar-refractivity contribution in [3.8, 4) is 0 Å². The van der Waals surface area contributed by atoms with Crippen molar-refractivity contribution in [2.75, 3.05) is 13.6 Å². The topological polar surface area (TPSA) is 20.3 Å². The summed E-state index contributed by atoms with van der Waals surface area (Å²) in [5.41, 5.74) is 3.25. The molecule has 0 N–H and O–H groups in total. The summed E-state index contributed by atoms with van der Waals surface area (Å²) in [5, 5.41) is 0. The van der Waals surface area contributed by atoms with Crippen molar-refractivity contribution in [2.24, 2.45) is 0 Å².